The summed E-state index contributed by atoms with van der Waals surface area (Å²) in [7, 11) is 0.817. The van der Waals surface area contributed by atoms with Gasteiger partial charge in [0.1, 0.15) is 68.6 Å². The standard InChI is InChI=1S/C69H98N4O31/c1-14-15-16-17-18-19-20-21-22-23-24-25-29-32-51(99-65(85)49-30-27-26-28-31-49)50(72-73-70)34-91-66-63(97-47(11)83)61(96-46(10)82)58(54(100-66)36-89-40(4)76)102-67-64(98-48(12)84)62(59(95-45(9)81)55(101-67)37-90-41(5)77)104-69(68(86)87-13)33-52(92-42(6)78)56(71-38(2)74)60(103-69)57(94-44(8)80)53(93-43(7)79)35-88-39(3)75/h26-32,50-64,66-67H,14-25,33-37H2,1-13H3,(H,71,74)/b32-29+/t50-,51+,52-,53+,54+,55+,56+,57+,58+,59-,60+,61-,62-,63+,64+,66+,67-,69-/m0/s1/i68+1. The van der Waals surface area contributed by atoms with Crippen LogP contribution in [0.3, 0.4) is 0 Å². The molecule has 1 aromatic carbocycles. The molecular weight excluding hydrogens is 1380 g/mol. The molecule has 18 atom stereocenters. The molecule has 1 amide bonds. The van der Waals surface area contributed by atoms with E-state index >= 15 is 0 Å². The number of nitrogens with one attached hydrogen (secondary N) is 1. The molecule has 580 valence electrons. The fourth-order valence-corrected chi connectivity index (χ4v) is 11.8. The Morgan fingerprint density at radius 1 is 0.577 bits per heavy atom. The van der Waals surface area contributed by atoms with Gasteiger partial charge in [0.15, 0.2) is 49.2 Å². The lowest BCUT2D eigenvalue weighted by molar-refractivity contribution is -0.387. The van der Waals surface area contributed by atoms with E-state index in [4.69, 9.17) is 85.3 Å². The SMILES string of the molecule is CCCCCCCCCCCCC/C=C/[C@@H](OC(=O)c1ccccc1)[C@H](CO[C@@H]1O[C@H](COC(C)=O)[C@@H](O[C@@H]2O[C@H](COC(C)=O)[C@H](OC(C)=O)[C@H](O[C@]3([13C](=O)OC)C[C@H](OC(C)=O)[C@@H](NC(C)=O)[C@H]([C@H](OC(C)=O)[C@@H](COC(C)=O)OC(C)=O)O3)[C@H]2OC(C)=O)[C@H](OC(C)=O)[C@H]1OC(C)=O)N=[N+]=[N-]. The van der Waals surface area contributed by atoms with E-state index in [9.17, 15) is 67.9 Å². The average Bonchev–Trinajstić information content (AvgIpc) is 0.832. The topological polar surface area (TPSA) is 449 Å². The summed E-state index contributed by atoms with van der Waals surface area (Å²) in [6.45, 7) is 9.07. The largest absolute Gasteiger partial charge is 0.465 e. The highest BCUT2D eigenvalue weighted by Crippen LogP contribution is 2.43. The molecule has 0 spiro atoms. The van der Waals surface area contributed by atoms with E-state index in [0.717, 1.165) is 122 Å². The molecule has 1 aromatic rings. The summed E-state index contributed by atoms with van der Waals surface area (Å²) in [5.74, 6) is -17.3. The summed E-state index contributed by atoms with van der Waals surface area (Å²) in [4.78, 5) is 176. The van der Waals surface area contributed by atoms with Crippen molar-refractivity contribution < 1.29 is 148 Å². The zero-order chi connectivity index (χ0) is 77.2. The molecule has 4 rings (SSSR count). The van der Waals surface area contributed by atoms with Gasteiger partial charge in [0, 0.05) is 81.1 Å². The first-order chi connectivity index (χ1) is 49.3. The van der Waals surface area contributed by atoms with E-state index in [1.54, 1.807) is 24.3 Å². The van der Waals surface area contributed by atoms with Crippen molar-refractivity contribution in [3.8, 4) is 0 Å². The number of azide groups is 1. The van der Waals surface area contributed by atoms with Crippen LogP contribution in [0.4, 0.5) is 0 Å². The van der Waals surface area contributed by atoms with Crippen molar-refractivity contribution >= 4 is 77.5 Å². The highest BCUT2D eigenvalue weighted by molar-refractivity contribution is 5.89. The number of rotatable bonds is 41. The Morgan fingerprint density at radius 3 is 1.60 bits per heavy atom. The van der Waals surface area contributed by atoms with Gasteiger partial charge in [-0.1, -0.05) is 101 Å². The van der Waals surface area contributed by atoms with Gasteiger partial charge in [-0.05, 0) is 36.6 Å². The van der Waals surface area contributed by atoms with Crippen molar-refractivity contribution in [2.45, 2.75) is 276 Å². The Bertz CT molecular complexity index is 3130. The summed E-state index contributed by atoms with van der Waals surface area (Å²) in [5.41, 5.74) is 10.2. The molecule has 0 aliphatic carbocycles. The monoisotopic (exact) mass is 1480 g/mol. The number of ether oxygens (including phenoxy) is 18. The van der Waals surface area contributed by atoms with E-state index in [1.807, 2.05) is 0 Å². The third kappa shape index (κ3) is 29.3. The summed E-state index contributed by atoms with van der Waals surface area (Å²) < 4.78 is 107. The maximum absolute atomic E-state index is 15.0. The summed E-state index contributed by atoms with van der Waals surface area (Å²) >= 11 is 0. The van der Waals surface area contributed by atoms with E-state index < -0.39 is 220 Å². The van der Waals surface area contributed by atoms with Crippen molar-refractivity contribution in [2.75, 3.05) is 33.5 Å². The van der Waals surface area contributed by atoms with Crippen molar-refractivity contribution in [3.63, 3.8) is 0 Å². The predicted molar refractivity (Wildman–Crippen MR) is 352 cm³/mol. The number of allylic oxidation sites excluding steroid dienone is 1. The molecule has 0 saturated carbocycles. The minimum absolute atomic E-state index is 0.139. The lowest BCUT2D eigenvalue weighted by Crippen LogP contribution is -2.72. The van der Waals surface area contributed by atoms with Gasteiger partial charge in [-0.15, -0.1) is 0 Å². The highest BCUT2D eigenvalue weighted by atomic mass is 16.8. The number of methoxy groups -OCH3 is 1. The Labute approximate surface area is 602 Å². The van der Waals surface area contributed by atoms with E-state index in [-0.39, 0.29) is 5.56 Å². The number of nitrogens with zero attached hydrogens (tertiary/aromatic N) is 3. The minimum Gasteiger partial charge on any atom is -0.465 e. The van der Waals surface area contributed by atoms with Crippen LogP contribution >= 0.6 is 0 Å². The molecule has 3 aliphatic heterocycles. The Hall–Kier alpha value is -8.86. The fraction of sp³-hybridized carbons (Fsp3) is 0.696. The van der Waals surface area contributed by atoms with Gasteiger partial charge < -0.3 is 90.6 Å². The number of benzene rings is 1. The number of hydrogen-bond acceptors (Lipinski definition) is 32. The van der Waals surface area contributed by atoms with Gasteiger partial charge >= 0.3 is 71.6 Å². The number of carbonyl (C=O) groups is 13. The van der Waals surface area contributed by atoms with Crippen LogP contribution in [0.1, 0.15) is 177 Å². The summed E-state index contributed by atoms with van der Waals surface area (Å²) in [5, 5.41) is 6.44. The van der Waals surface area contributed by atoms with Crippen LogP contribution in [-0.2, 0) is 143 Å². The van der Waals surface area contributed by atoms with Crippen molar-refractivity contribution in [1.29, 1.82) is 0 Å². The van der Waals surface area contributed by atoms with Crippen LogP contribution in [0.5, 0.6) is 0 Å². The molecule has 0 aromatic heterocycles. The molecule has 35 nitrogen and oxygen atoms in total. The number of esters is 12. The van der Waals surface area contributed by atoms with Gasteiger partial charge in [-0.2, -0.15) is 0 Å². The second-order valence-corrected chi connectivity index (χ2v) is 24.7. The molecular formula is C69H98N4O31. The van der Waals surface area contributed by atoms with Crippen LogP contribution in [0.15, 0.2) is 47.6 Å². The fourth-order valence-electron chi connectivity index (χ4n) is 11.8. The number of carbonyl (C=O) groups excluding carboxylic acids is 13. The third-order valence-electron chi connectivity index (χ3n) is 16.0. The molecule has 1 N–H and O–H groups in total. The van der Waals surface area contributed by atoms with Crippen molar-refractivity contribution in [2.24, 2.45) is 5.11 Å². The molecule has 104 heavy (non-hydrogen) atoms. The smallest absolute Gasteiger partial charge is 0.366 e. The number of amides is 1. The van der Waals surface area contributed by atoms with Crippen molar-refractivity contribution in [3.05, 3.63) is 58.5 Å². The van der Waals surface area contributed by atoms with Gasteiger partial charge in [0.05, 0.1) is 31.7 Å². The molecule has 35 heteroatoms. The maximum atomic E-state index is 15.0. The second kappa shape index (κ2) is 44.7. The summed E-state index contributed by atoms with van der Waals surface area (Å²) in [6, 6.07) is 4.69. The van der Waals surface area contributed by atoms with Gasteiger partial charge in [0.25, 0.3) is 5.79 Å². The third-order valence-corrected chi connectivity index (χ3v) is 16.0. The molecule has 0 bridgehead atoms. The van der Waals surface area contributed by atoms with Crippen molar-refractivity contribution in [1.82, 2.24) is 5.32 Å². The van der Waals surface area contributed by atoms with Crippen LogP contribution in [0.25, 0.3) is 10.4 Å². The Kier molecular flexibility index (Phi) is 37.6. The molecule has 3 heterocycles. The first kappa shape index (κ1) is 87.5. The molecule has 3 aliphatic rings. The van der Waals surface area contributed by atoms with Crippen LogP contribution < -0.4 is 5.32 Å². The predicted octanol–water partition coefficient (Wildman–Crippen LogP) is 5.76. The van der Waals surface area contributed by atoms with Crippen LogP contribution in [0.2, 0.25) is 0 Å². The number of unbranched alkanes of at least 4 members (excludes halogenated alkanes) is 11. The van der Waals surface area contributed by atoms with Crippen LogP contribution in [-0.4, -0.2) is 221 Å². The zero-order valence-corrected chi connectivity index (χ0v) is 60.9. The van der Waals surface area contributed by atoms with E-state index in [2.05, 4.69) is 22.3 Å². The maximum Gasteiger partial charge on any atom is 0.366 e. The average molecular weight is 1480 g/mol. The Balaban J connectivity index is 1.96. The highest BCUT2D eigenvalue weighted by Gasteiger charge is 2.64. The van der Waals surface area contributed by atoms with Crippen LogP contribution in [0, 0.1) is 0 Å². The van der Waals surface area contributed by atoms with Gasteiger partial charge in [-0.25, -0.2) is 9.59 Å². The zero-order valence-electron chi connectivity index (χ0n) is 60.9. The molecule has 0 radical (unpaired) electrons. The van der Waals surface area contributed by atoms with E-state index in [1.165, 1.54) is 50.3 Å². The molecule has 3 saturated heterocycles. The van der Waals surface area contributed by atoms with Gasteiger partial charge in [0.2, 0.25) is 5.91 Å². The molecule has 0 unspecified atom stereocenters. The minimum atomic E-state index is -3.23. The van der Waals surface area contributed by atoms with E-state index in [0.29, 0.717) is 6.42 Å². The Morgan fingerprint density at radius 2 is 1.09 bits per heavy atom. The normalized spacial score (nSPS) is 25.4. The summed E-state index contributed by atoms with van der Waals surface area (Å²) in [6.07, 6.45) is -15.4. The number of hydrogen-bond donors (Lipinski definition) is 1. The lowest BCUT2D eigenvalue weighted by Gasteiger charge is -2.52. The first-order valence-electron chi connectivity index (χ1n) is 34.2. The lowest BCUT2D eigenvalue weighted by atomic mass is 9.89. The second-order valence-electron chi connectivity index (χ2n) is 24.7. The molecule has 3 fully saturated rings. The first-order valence-corrected chi connectivity index (χ1v) is 34.2. The van der Waals surface area contributed by atoms with Gasteiger partial charge in [-0.3, -0.25) is 52.7 Å². The quantitative estimate of drug-likeness (QED) is 0.0119.